The summed E-state index contributed by atoms with van der Waals surface area (Å²) in [5.41, 5.74) is 0. The molecule has 86 valence electrons. The van der Waals surface area contributed by atoms with Crippen LogP contribution in [-0.2, 0) is 5.92 Å². The molecule has 0 amide bonds. The summed E-state index contributed by atoms with van der Waals surface area (Å²) in [5.74, 6) is -7.46. The Labute approximate surface area is 85.2 Å². The summed E-state index contributed by atoms with van der Waals surface area (Å²) in [6, 6.07) is 0. The summed E-state index contributed by atoms with van der Waals surface area (Å²) in [4.78, 5) is 0. The lowest BCUT2D eigenvalue weighted by Gasteiger charge is -2.14. The first kappa shape index (κ1) is 12.2. The highest BCUT2D eigenvalue weighted by Gasteiger charge is 2.63. The molecule has 3 nitrogen and oxygen atoms in total. The second kappa shape index (κ2) is 3.58. The Morgan fingerprint density at radius 2 is 1.73 bits per heavy atom. The Bertz CT molecular complexity index is 348. The fourth-order valence-electron chi connectivity index (χ4n) is 0.643. The van der Waals surface area contributed by atoms with Crippen molar-refractivity contribution >= 4 is 11.6 Å². The van der Waals surface area contributed by atoms with Gasteiger partial charge in [0.25, 0.3) is 5.89 Å². The maximum atomic E-state index is 12.6. The standard InChI is InChI=1S/C6H4ClF5N2O/c1-2(7)3-13-14-4(15-3)5(8,9)6(10,11)12/h2H,1H3. The highest BCUT2D eigenvalue weighted by Crippen LogP contribution is 2.43. The topological polar surface area (TPSA) is 38.9 Å². The third-order valence-electron chi connectivity index (χ3n) is 1.41. The molecule has 0 aliphatic heterocycles. The minimum Gasteiger partial charge on any atom is -0.418 e. The number of hydrogen-bond donors (Lipinski definition) is 0. The molecule has 1 aromatic heterocycles. The summed E-state index contributed by atoms with van der Waals surface area (Å²) in [5, 5.41) is 4.64. The molecule has 15 heavy (non-hydrogen) atoms. The van der Waals surface area contributed by atoms with Crippen molar-refractivity contribution in [1.82, 2.24) is 10.2 Å². The lowest BCUT2D eigenvalue weighted by molar-refractivity contribution is -0.297. The number of aromatic nitrogens is 2. The Morgan fingerprint density at radius 3 is 2.07 bits per heavy atom. The van der Waals surface area contributed by atoms with Crippen molar-refractivity contribution in [3.05, 3.63) is 11.8 Å². The Hall–Kier alpha value is -0.920. The van der Waals surface area contributed by atoms with Crippen molar-refractivity contribution in [3.8, 4) is 0 Å². The maximum Gasteiger partial charge on any atom is 0.463 e. The zero-order valence-electron chi connectivity index (χ0n) is 7.15. The van der Waals surface area contributed by atoms with E-state index in [1.54, 1.807) is 0 Å². The van der Waals surface area contributed by atoms with Crippen LogP contribution in [-0.4, -0.2) is 16.4 Å². The van der Waals surface area contributed by atoms with Gasteiger partial charge in [0.15, 0.2) is 0 Å². The van der Waals surface area contributed by atoms with Gasteiger partial charge in [0.2, 0.25) is 5.89 Å². The van der Waals surface area contributed by atoms with E-state index in [-0.39, 0.29) is 0 Å². The van der Waals surface area contributed by atoms with Gasteiger partial charge in [-0.05, 0) is 6.92 Å². The first-order valence-corrected chi connectivity index (χ1v) is 4.02. The highest BCUT2D eigenvalue weighted by atomic mass is 35.5. The molecule has 0 aliphatic rings. The SMILES string of the molecule is CC(Cl)c1nnc(C(F)(F)C(F)(F)F)o1. The van der Waals surface area contributed by atoms with E-state index in [9.17, 15) is 22.0 Å². The first-order valence-electron chi connectivity index (χ1n) is 3.58. The van der Waals surface area contributed by atoms with Crippen LogP contribution in [0.2, 0.25) is 0 Å². The molecule has 9 heteroatoms. The van der Waals surface area contributed by atoms with Gasteiger partial charge in [-0.3, -0.25) is 0 Å². The quantitative estimate of drug-likeness (QED) is 0.598. The van der Waals surface area contributed by atoms with Crippen LogP contribution in [0.25, 0.3) is 0 Å². The second-order valence-electron chi connectivity index (χ2n) is 2.63. The average molecular weight is 251 g/mol. The van der Waals surface area contributed by atoms with Crippen molar-refractivity contribution in [1.29, 1.82) is 0 Å². The Morgan fingerprint density at radius 1 is 1.20 bits per heavy atom. The third kappa shape index (κ3) is 2.19. The van der Waals surface area contributed by atoms with Gasteiger partial charge in [-0.1, -0.05) is 0 Å². The number of alkyl halides is 6. The van der Waals surface area contributed by atoms with E-state index in [2.05, 4.69) is 14.6 Å². The van der Waals surface area contributed by atoms with Crippen LogP contribution in [0.4, 0.5) is 22.0 Å². The van der Waals surface area contributed by atoms with Gasteiger partial charge in [0, 0.05) is 0 Å². The van der Waals surface area contributed by atoms with Crippen molar-refractivity contribution in [3.63, 3.8) is 0 Å². The van der Waals surface area contributed by atoms with Gasteiger partial charge >= 0.3 is 12.1 Å². The molecule has 0 saturated heterocycles. The highest BCUT2D eigenvalue weighted by molar-refractivity contribution is 6.20. The van der Waals surface area contributed by atoms with E-state index in [1.807, 2.05) is 0 Å². The fourth-order valence-corrected chi connectivity index (χ4v) is 0.732. The third-order valence-corrected chi connectivity index (χ3v) is 1.59. The summed E-state index contributed by atoms with van der Waals surface area (Å²) in [6.07, 6.45) is -5.77. The van der Waals surface area contributed by atoms with Gasteiger partial charge < -0.3 is 4.42 Å². The molecule has 0 aliphatic carbocycles. The van der Waals surface area contributed by atoms with E-state index in [0.717, 1.165) is 0 Å². The van der Waals surface area contributed by atoms with E-state index < -0.39 is 29.3 Å². The monoisotopic (exact) mass is 250 g/mol. The van der Waals surface area contributed by atoms with Gasteiger partial charge in [-0.25, -0.2) is 0 Å². The average Bonchev–Trinajstić information content (AvgIpc) is 2.49. The Balaban J connectivity index is 3.06. The van der Waals surface area contributed by atoms with Crippen LogP contribution in [0.1, 0.15) is 24.1 Å². The maximum absolute atomic E-state index is 12.6. The van der Waals surface area contributed by atoms with E-state index in [4.69, 9.17) is 11.6 Å². The van der Waals surface area contributed by atoms with Crippen LogP contribution in [0, 0.1) is 0 Å². The number of nitrogens with zero attached hydrogens (tertiary/aromatic N) is 2. The molecule has 0 spiro atoms. The zero-order valence-corrected chi connectivity index (χ0v) is 7.90. The van der Waals surface area contributed by atoms with Gasteiger partial charge in [0.1, 0.15) is 5.38 Å². The summed E-state index contributed by atoms with van der Waals surface area (Å²) in [6.45, 7) is 1.30. The predicted molar refractivity (Wildman–Crippen MR) is 38.5 cm³/mol. The van der Waals surface area contributed by atoms with Crippen LogP contribution in [0.15, 0.2) is 4.42 Å². The molecule has 0 radical (unpaired) electrons. The minimum atomic E-state index is -5.77. The lowest BCUT2D eigenvalue weighted by atomic mass is 10.3. The van der Waals surface area contributed by atoms with Crippen LogP contribution in [0.5, 0.6) is 0 Å². The largest absolute Gasteiger partial charge is 0.463 e. The molecular weight excluding hydrogens is 247 g/mol. The zero-order chi connectivity index (χ0) is 11.9. The molecule has 1 rings (SSSR count). The van der Waals surface area contributed by atoms with Gasteiger partial charge in [0.05, 0.1) is 0 Å². The lowest BCUT2D eigenvalue weighted by Crippen LogP contribution is -2.34. The number of rotatable bonds is 2. The summed E-state index contributed by atoms with van der Waals surface area (Å²) in [7, 11) is 0. The molecule has 0 aromatic carbocycles. The van der Waals surface area contributed by atoms with Crippen molar-refractivity contribution < 1.29 is 26.4 Å². The van der Waals surface area contributed by atoms with E-state index >= 15 is 0 Å². The molecule has 0 fully saturated rings. The molecule has 1 aromatic rings. The summed E-state index contributed by atoms with van der Waals surface area (Å²) < 4.78 is 64.7. The number of halogens is 6. The summed E-state index contributed by atoms with van der Waals surface area (Å²) >= 11 is 5.36. The second-order valence-corrected chi connectivity index (χ2v) is 3.29. The van der Waals surface area contributed by atoms with Crippen molar-refractivity contribution in [2.45, 2.75) is 24.4 Å². The van der Waals surface area contributed by atoms with Crippen molar-refractivity contribution in [2.75, 3.05) is 0 Å². The predicted octanol–water partition coefficient (Wildman–Crippen LogP) is 3.02. The van der Waals surface area contributed by atoms with Gasteiger partial charge in [-0.15, -0.1) is 21.8 Å². The van der Waals surface area contributed by atoms with Crippen molar-refractivity contribution in [2.24, 2.45) is 0 Å². The molecule has 0 bridgehead atoms. The van der Waals surface area contributed by atoms with Crippen LogP contribution in [0.3, 0.4) is 0 Å². The first-order chi connectivity index (χ1) is 6.66. The van der Waals surface area contributed by atoms with E-state index in [0.29, 0.717) is 0 Å². The molecule has 0 N–H and O–H groups in total. The normalized spacial score (nSPS) is 15.4. The van der Waals surface area contributed by atoms with Gasteiger partial charge in [-0.2, -0.15) is 22.0 Å². The van der Waals surface area contributed by atoms with Crippen LogP contribution < -0.4 is 0 Å². The molecule has 1 heterocycles. The molecule has 1 atom stereocenters. The number of hydrogen-bond acceptors (Lipinski definition) is 3. The minimum absolute atomic E-state index is 0.490. The smallest absolute Gasteiger partial charge is 0.418 e. The Kier molecular flexibility index (Phi) is 2.90. The fraction of sp³-hybridized carbons (Fsp3) is 0.667. The molecule has 0 saturated carbocycles. The molecular formula is C6H4ClF5N2O. The van der Waals surface area contributed by atoms with Crippen LogP contribution >= 0.6 is 11.6 Å². The van der Waals surface area contributed by atoms with E-state index in [1.165, 1.54) is 6.92 Å². The molecule has 1 unspecified atom stereocenters.